The number of hydrogen-bond acceptors (Lipinski definition) is 2. The lowest BCUT2D eigenvalue weighted by atomic mass is 9.87. The van der Waals surface area contributed by atoms with Crippen molar-refractivity contribution >= 4 is 18.2 Å². The van der Waals surface area contributed by atoms with Crippen LogP contribution in [0, 0.1) is 5.41 Å². The van der Waals surface area contributed by atoms with E-state index in [9.17, 15) is 0 Å². The Hall–Kier alpha value is -1.22. The number of nitrogens with two attached hydrogens (primary N) is 1. The van der Waals surface area contributed by atoms with E-state index in [1.807, 2.05) is 24.3 Å². The quantitative estimate of drug-likeness (QED) is 0.633. The van der Waals surface area contributed by atoms with E-state index >= 15 is 0 Å². The Bertz CT molecular complexity index is 341. The van der Waals surface area contributed by atoms with Gasteiger partial charge in [0, 0.05) is 0 Å². The number of benzene rings is 1. The zero-order valence-corrected chi connectivity index (χ0v) is 10.7. The van der Waals surface area contributed by atoms with Crippen molar-refractivity contribution in [2.45, 2.75) is 26.2 Å². The molecular formula is C12H19ClN2O. The van der Waals surface area contributed by atoms with Crippen molar-refractivity contribution in [2.24, 2.45) is 5.73 Å². The average Bonchev–Trinajstić information content (AvgIpc) is 2.14. The van der Waals surface area contributed by atoms with E-state index in [0.717, 1.165) is 5.75 Å². The molecule has 3 nitrogen and oxygen atoms in total. The highest BCUT2D eigenvalue weighted by atomic mass is 35.5. The summed E-state index contributed by atoms with van der Waals surface area (Å²) in [5.41, 5.74) is 6.61. The molecule has 0 fully saturated rings. The summed E-state index contributed by atoms with van der Waals surface area (Å²) in [6.07, 6.45) is 0. The summed E-state index contributed by atoms with van der Waals surface area (Å²) >= 11 is 0. The maximum absolute atomic E-state index is 7.04. The first-order valence-corrected chi connectivity index (χ1v) is 4.96. The van der Waals surface area contributed by atoms with Gasteiger partial charge < -0.3 is 10.5 Å². The van der Waals surface area contributed by atoms with Crippen LogP contribution in [0.2, 0.25) is 0 Å². The molecule has 0 aliphatic carbocycles. The van der Waals surface area contributed by atoms with Crippen LogP contribution in [0.4, 0.5) is 0 Å². The molecular weight excluding hydrogens is 224 g/mol. The summed E-state index contributed by atoms with van der Waals surface area (Å²) in [5.74, 6) is 0.785. The standard InChI is InChI=1S/C12H18N2O.ClH/c1-12(2,3)9-4-6-10(7-5-9)15-8-11(13)14;/h4-7H,8H2,1-3H3,(H3,13,14);1H. The van der Waals surface area contributed by atoms with Crippen molar-refractivity contribution in [3.63, 3.8) is 0 Å². The van der Waals surface area contributed by atoms with Gasteiger partial charge in [-0.05, 0) is 23.1 Å². The molecule has 0 atom stereocenters. The fourth-order valence-corrected chi connectivity index (χ4v) is 1.21. The summed E-state index contributed by atoms with van der Waals surface area (Å²) < 4.78 is 5.29. The van der Waals surface area contributed by atoms with Crippen LogP contribution in [0.1, 0.15) is 26.3 Å². The smallest absolute Gasteiger partial charge is 0.145 e. The molecule has 0 spiro atoms. The lowest BCUT2D eigenvalue weighted by Crippen LogP contribution is -2.19. The average molecular weight is 243 g/mol. The predicted molar refractivity (Wildman–Crippen MR) is 69.8 cm³/mol. The summed E-state index contributed by atoms with van der Waals surface area (Å²) in [5, 5.41) is 7.04. The number of ether oxygens (including phenoxy) is 1. The van der Waals surface area contributed by atoms with Gasteiger partial charge in [-0.15, -0.1) is 12.4 Å². The van der Waals surface area contributed by atoms with Crippen molar-refractivity contribution < 1.29 is 4.74 Å². The molecule has 0 aromatic heterocycles. The third kappa shape index (κ3) is 4.53. The van der Waals surface area contributed by atoms with Crippen molar-refractivity contribution in [3.8, 4) is 5.75 Å². The Balaban J connectivity index is 0.00000225. The van der Waals surface area contributed by atoms with E-state index in [2.05, 4.69) is 20.8 Å². The lowest BCUT2D eigenvalue weighted by Gasteiger charge is -2.19. The van der Waals surface area contributed by atoms with Gasteiger partial charge >= 0.3 is 0 Å². The van der Waals surface area contributed by atoms with Gasteiger partial charge in [-0.1, -0.05) is 32.9 Å². The zero-order chi connectivity index (χ0) is 11.5. The topological polar surface area (TPSA) is 59.1 Å². The van der Waals surface area contributed by atoms with Gasteiger partial charge in [0.05, 0.1) is 0 Å². The SMILES string of the molecule is CC(C)(C)c1ccc(OCC(=N)N)cc1.Cl. The van der Waals surface area contributed by atoms with Crippen molar-refractivity contribution in [1.29, 1.82) is 5.41 Å². The highest BCUT2D eigenvalue weighted by Gasteiger charge is 2.12. The van der Waals surface area contributed by atoms with Gasteiger partial charge in [0.25, 0.3) is 0 Å². The molecule has 0 aliphatic rings. The molecule has 0 heterocycles. The van der Waals surface area contributed by atoms with Gasteiger partial charge in [0.1, 0.15) is 18.2 Å². The van der Waals surface area contributed by atoms with E-state index in [-0.39, 0.29) is 30.3 Å². The molecule has 0 bridgehead atoms. The molecule has 1 rings (SSSR count). The van der Waals surface area contributed by atoms with E-state index in [1.165, 1.54) is 5.56 Å². The lowest BCUT2D eigenvalue weighted by molar-refractivity contribution is 0.374. The monoisotopic (exact) mass is 242 g/mol. The predicted octanol–water partition coefficient (Wildman–Crippen LogP) is 2.72. The highest BCUT2D eigenvalue weighted by Crippen LogP contribution is 2.24. The molecule has 90 valence electrons. The number of halogens is 1. The van der Waals surface area contributed by atoms with Crippen LogP contribution >= 0.6 is 12.4 Å². The Morgan fingerprint density at radius 3 is 2.12 bits per heavy atom. The number of nitrogens with one attached hydrogen (secondary N) is 1. The molecule has 0 aliphatic heterocycles. The largest absolute Gasteiger partial charge is 0.486 e. The van der Waals surface area contributed by atoms with Crippen LogP contribution in [0.5, 0.6) is 5.75 Å². The molecule has 0 saturated heterocycles. The van der Waals surface area contributed by atoms with Crippen LogP contribution in [0.15, 0.2) is 24.3 Å². The third-order valence-corrected chi connectivity index (χ3v) is 2.11. The van der Waals surface area contributed by atoms with Gasteiger partial charge in [0.15, 0.2) is 0 Å². The Morgan fingerprint density at radius 1 is 1.25 bits per heavy atom. The number of rotatable bonds is 3. The molecule has 0 amide bonds. The molecule has 0 saturated carbocycles. The normalized spacial score (nSPS) is 10.4. The van der Waals surface area contributed by atoms with Gasteiger partial charge in [-0.25, -0.2) is 0 Å². The van der Waals surface area contributed by atoms with Gasteiger partial charge in [-0.2, -0.15) is 0 Å². The minimum absolute atomic E-state index is 0. The van der Waals surface area contributed by atoms with Crippen molar-refractivity contribution in [2.75, 3.05) is 6.61 Å². The Kier molecular flexibility index (Phi) is 5.31. The van der Waals surface area contributed by atoms with Crippen LogP contribution in [0.3, 0.4) is 0 Å². The first kappa shape index (κ1) is 14.8. The zero-order valence-electron chi connectivity index (χ0n) is 9.91. The fraction of sp³-hybridized carbons (Fsp3) is 0.417. The van der Waals surface area contributed by atoms with E-state index in [1.54, 1.807) is 0 Å². The highest BCUT2D eigenvalue weighted by molar-refractivity contribution is 5.85. The minimum atomic E-state index is 0. The summed E-state index contributed by atoms with van der Waals surface area (Å²) in [7, 11) is 0. The maximum atomic E-state index is 7.04. The Morgan fingerprint density at radius 2 is 1.75 bits per heavy atom. The second-order valence-corrected chi connectivity index (χ2v) is 4.59. The molecule has 1 aromatic rings. The van der Waals surface area contributed by atoms with E-state index in [0.29, 0.717) is 0 Å². The summed E-state index contributed by atoms with van der Waals surface area (Å²) in [4.78, 5) is 0. The molecule has 0 unspecified atom stereocenters. The molecule has 4 heteroatoms. The van der Waals surface area contributed by atoms with E-state index in [4.69, 9.17) is 15.9 Å². The number of amidine groups is 1. The second-order valence-electron chi connectivity index (χ2n) is 4.59. The van der Waals surface area contributed by atoms with Crippen molar-refractivity contribution in [3.05, 3.63) is 29.8 Å². The van der Waals surface area contributed by atoms with Crippen LogP contribution in [-0.4, -0.2) is 12.4 Å². The van der Waals surface area contributed by atoms with E-state index < -0.39 is 0 Å². The third-order valence-electron chi connectivity index (χ3n) is 2.11. The van der Waals surface area contributed by atoms with Gasteiger partial charge in [-0.3, -0.25) is 5.41 Å². The molecule has 3 N–H and O–H groups in total. The molecule has 16 heavy (non-hydrogen) atoms. The first-order chi connectivity index (χ1) is 6.89. The molecule has 1 aromatic carbocycles. The Labute approximate surface area is 103 Å². The number of hydrogen-bond donors (Lipinski definition) is 2. The van der Waals surface area contributed by atoms with Gasteiger partial charge in [0.2, 0.25) is 0 Å². The second kappa shape index (κ2) is 5.75. The minimum Gasteiger partial charge on any atom is -0.486 e. The van der Waals surface area contributed by atoms with Crippen LogP contribution in [0.25, 0.3) is 0 Å². The molecule has 0 radical (unpaired) electrons. The van der Waals surface area contributed by atoms with Crippen LogP contribution < -0.4 is 10.5 Å². The fourth-order valence-electron chi connectivity index (χ4n) is 1.21. The van der Waals surface area contributed by atoms with Crippen molar-refractivity contribution in [1.82, 2.24) is 0 Å². The first-order valence-electron chi connectivity index (χ1n) is 4.96. The summed E-state index contributed by atoms with van der Waals surface area (Å²) in [6.45, 7) is 6.64. The summed E-state index contributed by atoms with van der Waals surface area (Å²) in [6, 6.07) is 7.89. The maximum Gasteiger partial charge on any atom is 0.145 e. The van der Waals surface area contributed by atoms with Crippen LogP contribution in [-0.2, 0) is 5.41 Å².